The Hall–Kier alpha value is -1.97. The minimum Gasteiger partial charge on any atom is -0.485 e. The van der Waals surface area contributed by atoms with Crippen molar-refractivity contribution in [1.29, 1.82) is 0 Å². The summed E-state index contributed by atoms with van der Waals surface area (Å²) in [7, 11) is 0. The van der Waals surface area contributed by atoms with Gasteiger partial charge in [-0.25, -0.2) is 0 Å². The van der Waals surface area contributed by atoms with Gasteiger partial charge in [0.1, 0.15) is 11.9 Å². The lowest BCUT2D eigenvalue weighted by atomic mass is 10.1. The highest BCUT2D eigenvalue weighted by Gasteiger charge is 2.13. The molecule has 1 unspecified atom stereocenters. The predicted molar refractivity (Wildman–Crippen MR) is 100 cm³/mol. The quantitative estimate of drug-likeness (QED) is 0.704. The first-order valence-electron chi connectivity index (χ1n) is 7.54. The highest BCUT2D eigenvalue weighted by molar-refractivity contribution is 6.37. The van der Waals surface area contributed by atoms with Crippen LogP contribution in [0.4, 0.5) is 5.69 Å². The van der Waals surface area contributed by atoms with E-state index in [0.29, 0.717) is 15.8 Å². The number of anilines is 1. The molecule has 0 aliphatic rings. The lowest BCUT2D eigenvalue weighted by Gasteiger charge is -2.15. The molecule has 24 heavy (non-hydrogen) atoms. The maximum absolute atomic E-state index is 11.9. The van der Waals surface area contributed by atoms with Crippen molar-refractivity contribution in [2.45, 2.75) is 26.9 Å². The number of halogens is 2. The van der Waals surface area contributed by atoms with Crippen molar-refractivity contribution in [1.82, 2.24) is 0 Å². The molecule has 2 rings (SSSR count). The molecular weight excluding hydrogens is 345 g/mol. The second kappa shape index (κ2) is 8.22. The highest BCUT2D eigenvalue weighted by Crippen LogP contribution is 2.35. The van der Waals surface area contributed by atoms with Crippen molar-refractivity contribution < 1.29 is 9.53 Å². The topological polar surface area (TPSA) is 38.3 Å². The number of hydrogen-bond acceptors (Lipinski definition) is 2. The average Bonchev–Trinajstić information content (AvgIpc) is 2.57. The summed E-state index contributed by atoms with van der Waals surface area (Å²) >= 11 is 12.4. The van der Waals surface area contributed by atoms with Crippen LogP contribution in [0.5, 0.6) is 5.75 Å². The zero-order chi connectivity index (χ0) is 17.7. The van der Waals surface area contributed by atoms with Crippen LogP contribution in [0.3, 0.4) is 0 Å². The maximum Gasteiger partial charge on any atom is 0.248 e. The molecule has 0 heterocycles. The molecule has 1 atom stereocenters. The molecule has 5 heteroatoms. The molecule has 0 fully saturated rings. The van der Waals surface area contributed by atoms with Crippen molar-refractivity contribution in [3.8, 4) is 5.75 Å². The third-order valence-electron chi connectivity index (χ3n) is 3.44. The Bertz CT molecular complexity index is 758. The second-order valence-electron chi connectivity index (χ2n) is 5.48. The fourth-order valence-corrected chi connectivity index (χ4v) is 2.54. The Morgan fingerprint density at radius 2 is 1.83 bits per heavy atom. The molecule has 2 aromatic carbocycles. The number of amides is 1. The van der Waals surface area contributed by atoms with Crippen LogP contribution in [-0.2, 0) is 4.79 Å². The van der Waals surface area contributed by atoms with Gasteiger partial charge in [0.15, 0.2) is 0 Å². The molecule has 0 aliphatic carbocycles. The monoisotopic (exact) mass is 363 g/mol. The molecule has 0 spiro atoms. The van der Waals surface area contributed by atoms with Gasteiger partial charge < -0.3 is 10.1 Å². The molecule has 2 aromatic rings. The van der Waals surface area contributed by atoms with Crippen molar-refractivity contribution in [3.05, 3.63) is 69.7 Å². The van der Waals surface area contributed by atoms with E-state index in [1.807, 2.05) is 51.1 Å². The van der Waals surface area contributed by atoms with Crippen LogP contribution < -0.4 is 10.1 Å². The van der Waals surface area contributed by atoms with Crippen LogP contribution in [0.15, 0.2) is 48.6 Å². The highest BCUT2D eigenvalue weighted by atomic mass is 35.5. The van der Waals surface area contributed by atoms with Crippen LogP contribution in [0.1, 0.15) is 18.1 Å². The van der Waals surface area contributed by atoms with Crippen LogP contribution >= 0.6 is 23.2 Å². The van der Waals surface area contributed by atoms with E-state index < -0.39 is 0 Å². The van der Waals surface area contributed by atoms with Crippen LogP contribution in [0, 0.1) is 13.8 Å². The average molecular weight is 364 g/mol. The SMILES string of the molecule is Cc1cc(OC(C)C=CC(=O)Nc2ccccc2)c(Cl)c(C)c1Cl. The summed E-state index contributed by atoms with van der Waals surface area (Å²) in [6, 6.07) is 11.1. The Kier molecular flexibility index (Phi) is 6.29. The summed E-state index contributed by atoms with van der Waals surface area (Å²) in [5.74, 6) is 0.336. The number of ether oxygens (including phenoxy) is 1. The summed E-state index contributed by atoms with van der Waals surface area (Å²) in [5, 5.41) is 3.90. The molecule has 1 N–H and O–H groups in total. The van der Waals surface area contributed by atoms with E-state index in [1.54, 1.807) is 12.1 Å². The largest absolute Gasteiger partial charge is 0.485 e. The number of nitrogens with one attached hydrogen (secondary N) is 1. The van der Waals surface area contributed by atoms with E-state index in [4.69, 9.17) is 27.9 Å². The van der Waals surface area contributed by atoms with E-state index in [-0.39, 0.29) is 12.0 Å². The molecule has 0 saturated heterocycles. The van der Waals surface area contributed by atoms with Crippen LogP contribution in [-0.4, -0.2) is 12.0 Å². The van der Waals surface area contributed by atoms with Gasteiger partial charge in [0.2, 0.25) is 5.91 Å². The number of rotatable bonds is 5. The molecule has 0 radical (unpaired) electrons. The maximum atomic E-state index is 11.9. The molecule has 3 nitrogen and oxygen atoms in total. The standard InChI is InChI=1S/C19H19Cl2NO2/c1-12-11-16(19(21)14(3)18(12)20)24-13(2)9-10-17(23)22-15-7-5-4-6-8-15/h4-11,13H,1-3H3,(H,22,23). The third-order valence-corrected chi connectivity index (χ3v) is 4.49. The number of aryl methyl sites for hydroxylation is 1. The summed E-state index contributed by atoms with van der Waals surface area (Å²) in [4.78, 5) is 11.9. The minimum absolute atomic E-state index is 0.216. The number of carbonyl (C=O) groups is 1. The van der Waals surface area contributed by atoms with Gasteiger partial charge >= 0.3 is 0 Å². The summed E-state index contributed by atoms with van der Waals surface area (Å²) in [6.45, 7) is 5.58. The Balaban J connectivity index is 2.00. The fourth-order valence-electron chi connectivity index (χ4n) is 2.15. The van der Waals surface area contributed by atoms with Crippen molar-refractivity contribution >= 4 is 34.8 Å². The van der Waals surface area contributed by atoms with Gasteiger partial charge in [0.25, 0.3) is 0 Å². The number of hydrogen-bond donors (Lipinski definition) is 1. The molecule has 0 aliphatic heterocycles. The van der Waals surface area contributed by atoms with Crippen molar-refractivity contribution in [2.75, 3.05) is 5.32 Å². The van der Waals surface area contributed by atoms with Gasteiger partial charge in [-0.3, -0.25) is 4.79 Å². The molecule has 0 saturated carbocycles. The normalized spacial score (nSPS) is 12.2. The first kappa shape index (κ1) is 18.4. The van der Waals surface area contributed by atoms with Gasteiger partial charge in [-0.1, -0.05) is 41.4 Å². The Morgan fingerprint density at radius 1 is 1.17 bits per heavy atom. The van der Waals surface area contributed by atoms with Gasteiger partial charge in [0, 0.05) is 16.8 Å². The van der Waals surface area contributed by atoms with Gasteiger partial charge in [-0.15, -0.1) is 0 Å². The fraction of sp³-hybridized carbons (Fsp3) is 0.211. The lowest BCUT2D eigenvalue weighted by Crippen LogP contribution is -2.12. The van der Waals surface area contributed by atoms with Gasteiger partial charge in [0.05, 0.1) is 5.02 Å². The molecule has 1 amide bonds. The van der Waals surface area contributed by atoms with E-state index >= 15 is 0 Å². The zero-order valence-corrected chi connectivity index (χ0v) is 15.3. The van der Waals surface area contributed by atoms with Crippen molar-refractivity contribution in [2.24, 2.45) is 0 Å². The number of carbonyl (C=O) groups excluding carboxylic acids is 1. The Morgan fingerprint density at radius 3 is 2.50 bits per heavy atom. The van der Waals surface area contributed by atoms with E-state index in [9.17, 15) is 4.79 Å². The smallest absolute Gasteiger partial charge is 0.248 e. The number of para-hydroxylation sites is 1. The predicted octanol–water partition coefficient (Wildman–Crippen LogP) is 5.57. The number of benzene rings is 2. The van der Waals surface area contributed by atoms with E-state index in [2.05, 4.69) is 5.32 Å². The van der Waals surface area contributed by atoms with Gasteiger partial charge in [-0.2, -0.15) is 0 Å². The summed E-state index contributed by atoms with van der Waals surface area (Å²) < 4.78 is 5.80. The third kappa shape index (κ3) is 4.76. The first-order chi connectivity index (χ1) is 11.4. The first-order valence-corrected chi connectivity index (χ1v) is 8.30. The summed E-state index contributed by atoms with van der Waals surface area (Å²) in [6.07, 6.45) is 2.80. The van der Waals surface area contributed by atoms with Crippen molar-refractivity contribution in [3.63, 3.8) is 0 Å². The van der Waals surface area contributed by atoms with Crippen LogP contribution in [0.25, 0.3) is 0 Å². The molecular formula is C19H19Cl2NO2. The molecule has 0 aromatic heterocycles. The minimum atomic E-state index is -0.316. The van der Waals surface area contributed by atoms with E-state index in [1.165, 1.54) is 6.08 Å². The second-order valence-corrected chi connectivity index (χ2v) is 6.24. The zero-order valence-electron chi connectivity index (χ0n) is 13.8. The lowest BCUT2D eigenvalue weighted by molar-refractivity contribution is -0.111. The summed E-state index contributed by atoms with van der Waals surface area (Å²) in [5.41, 5.74) is 2.42. The Labute approximate surface area is 152 Å². The molecule has 126 valence electrons. The van der Waals surface area contributed by atoms with Crippen LogP contribution in [0.2, 0.25) is 10.0 Å². The van der Waals surface area contributed by atoms with E-state index in [0.717, 1.165) is 16.8 Å². The van der Waals surface area contributed by atoms with Gasteiger partial charge in [-0.05, 0) is 56.2 Å². The molecule has 0 bridgehead atoms.